The number of nitrogens with one attached hydrogen (secondary N) is 2. The van der Waals surface area contributed by atoms with E-state index in [0.717, 1.165) is 0 Å². The van der Waals surface area contributed by atoms with E-state index in [1.807, 2.05) is 0 Å². The van der Waals surface area contributed by atoms with Gasteiger partial charge in [-0.05, 0) is 0 Å². The molecule has 4 N–H and O–H groups in total. The number of hydrogen-bond donors (Lipinski definition) is 4. The zero-order valence-electron chi connectivity index (χ0n) is 6.05. The number of imide groups is 2. The van der Waals surface area contributed by atoms with Crippen LogP contribution in [0.15, 0.2) is 0 Å². The van der Waals surface area contributed by atoms with Gasteiger partial charge in [0.2, 0.25) is 5.66 Å². The van der Waals surface area contributed by atoms with Crippen molar-refractivity contribution >= 4 is 25.4 Å². The molecule has 13 heavy (non-hydrogen) atoms. The number of barbiturate groups is 1. The molecule has 0 saturated carbocycles. The van der Waals surface area contributed by atoms with E-state index in [9.17, 15) is 18.9 Å². The number of amides is 4. The van der Waals surface area contributed by atoms with Gasteiger partial charge in [0.25, 0.3) is 11.8 Å². The highest BCUT2D eigenvalue weighted by molar-refractivity contribution is 7.55. The van der Waals surface area contributed by atoms with Crippen LogP contribution in [0.25, 0.3) is 0 Å². The highest BCUT2D eigenvalue weighted by Crippen LogP contribution is 2.41. The largest absolute Gasteiger partial charge is 0.347 e. The summed E-state index contributed by atoms with van der Waals surface area (Å²) < 4.78 is 10.6. The number of rotatable bonds is 1. The molecule has 0 unspecified atom stereocenters. The first-order valence-corrected chi connectivity index (χ1v) is 4.71. The Hall–Kier alpha value is -1.24. The standard InChI is InChI=1S/C4H5N2O6P/c7-2-1(13(10,11)12)3(8)6-4(9)5-2/h1H,(H2,10,11,12)(H2,5,6,7,8,9). The molecule has 1 fully saturated rings. The van der Waals surface area contributed by atoms with Gasteiger partial charge in [-0.25, -0.2) is 4.79 Å². The van der Waals surface area contributed by atoms with E-state index in [0.29, 0.717) is 0 Å². The van der Waals surface area contributed by atoms with Gasteiger partial charge in [-0.2, -0.15) is 0 Å². The topological polar surface area (TPSA) is 133 Å². The quantitative estimate of drug-likeness (QED) is 0.288. The molecule has 0 aromatic carbocycles. The van der Waals surface area contributed by atoms with Crippen LogP contribution in [0.4, 0.5) is 4.79 Å². The molecule has 8 nitrogen and oxygen atoms in total. The first-order chi connectivity index (χ1) is 5.82. The Labute approximate surface area is 71.5 Å². The Morgan fingerprint density at radius 1 is 1.08 bits per heavy atom. The third-order valence-electron chi connectivity index (χ3n) is 1.31. The van der Waals surface area contributed by atoms with Gasteiger partial charge in [0, 0.05) is 0 Å². The number of carbonyl (C=O) groups is 3. The molecule has 4 amide bonds. The fourth-order valence-electron chi connectivity index (χ4n) is 0.816. The summed E-state index contributed by atoms with van der Waals surface area (Å²) in [6.07, 6.45) is 0. The summed E-state index contributed by atoms with van der Waals surface area (Å²) in [7, 11) is -4.86. The van der Waals surface area contributed by atoms with Crippen molar-refractivity contribution in [3.63, 3.8) is 0 Å². The molecular formula is C4H5N2O6P. The van der Waals surface area contributed by atoms with Crippen LogP contribution in [0.2, 0.25) is 0 Å². The molecule has 0 radical (unpaired) electrons. The molecule has 0 spiro atoms. The summed E-state index contributed by atoms with van der Waals surface area (Å²) >= 11 is 0. The van der Waals surface area contributed by atoms with Crippen molar-refractivity contribution in [1.82, 2.24) is 10.6 Å². The molecule has 1 aliphatic heterocycles. The molecule has 9 heteroatoms. The normalized spacial score (nSPS) is 19.7. The van der Waals surface area contributed by atoms with Crippen LogP contribution in [-0.2, 0) is 14.2 Å². The SMILES string of the molecule is O=C1NC(=O)C(P(=O)(O)O)C(=O)N1. The molecule has 0 aromatic heterocycles. The molecule has 0 atom stereocenters. The lowest BCUT2D eigenvalue weighted by molar-refractivity contribution is -0.129. The second kappa shape index (κ2) is 2.91. The zero-order valence-corrected chi connectivity index (χ0v) is 6.95. The van der Waals surface area contributed by atoms with E-state index >= 15 is 0 Å². The van der Waals surface area contributed by atoms with Crippen molar-refractivity contribution in [2.45, 2.75) is 5.66 Å². The predicted molar refractivity (Wildman–Crippen MR) is 37.5 cm³/mol. The van der Waals surface area contributed by atoms with Crippen LogP contribution >= 0.6 is 7.60 Å². The molecule has 1 saturated heterocycles. The highest BCUT2D eigenvalue weighted by atomic mass is 31.2. The fraction of sp³-hybridized carbons (Fsp3) is 0.250. The number of urea groups is 1. The highest BCUT2D eigenvalue weighted by Gasteiger charge is 2.46. The minimum Gasteiger partial charge on any atom is -0.324 e. The Kier molecular flexibility index (Phi) is 2.21. The summed E-state index contributed by atoms with van der Waals surface area (Å²) in [6.45, 7) is 0. The van der Waals surface area contributed by atoms with Crippen molar-refractivity contribution < 1.29 is 28.7 Å². The maximum absolute atomic E-state index is 10.8. The van der Waals surface area contributed by atoms with Crippen LogP contribution < -0.4 is 10.6 Å². The van der Waals surface area contributed by atoms with E-state index in [1.54, 1.807) is 10.6 Å². The predicted octanol–water partition coefficient (Wildman–Crippen LogP) is -2.10. The number of hydrogen-bond acceptors (Lipinski definition) is 4. The van der Waals surface area contributed by atoms with E-state index in [1.165, 1.54) is 0 Å². The van der Waals surface area contributed by atoms with Gasteiger partial charge in [0.1, 0.15) is 0 Å². The summed E-state index contributed by atoms with van der Waals surface area (Å²) in [5, 5.41) is 3.13. The van der Waals surface area contributed by atoms with E-state index in [4.69, 9.17) is 9.79 Å². The van der Waals surface area contributed by atoms with Crippen molar-refractivity contribution in [2.75, 3.05) is 0 Å². The molecule has 72 valence electrons. The van der Waals surface area contributed by atoms with Crippen molar-refractivity contribution in [3.05, 3.63) is 0 Å². The zero-order chi connectivity index (χ0) is 10.2. The first kappa shape index (κ1) is 9.85. The Balaban J connectivity index is 2.99. The lowest BCUT2D eigenvalue weighted by atomic mass is 10.3. The molecule has 0 aromatic rings. The minimum absolute atomic E-state index is 1.08. The molecule has 1 aliphatic rings. The van der Waals surface area contributed by atoms with Gasteiger partial charge in [-0.3, -0.25) is 24.8 Å². The smallest absolute Gasteiger partial charge is 0.324 e. The fourth-order valence-corrected chi connectivity index (χ4v) is 1.56. The summed E-state index contributed by atoms with van der Waals surface area (Å²) in [4.78, 5) is 49.1. The van der Waals surface area contributed by atoms with Crippen LogP contribution in [0.5, 0.6) is 0 Å². The van der Waals surface area contributed by atoms with Gasteiger partial charge in [-0.15, -0.1) is 0 Å². The lowest BCUT2D eigenvalue weighted by Crippen LogP contribution is -2.58. The maximum atomic E-state index is 10.8. The Morgan fingerprint density at radius 2 is 1.46 bits per heavy atom. The van der Waals surface area contributed by atoms with Crippen LogP contribution in [-0.4, -0.2) is 33.3 Å². The van der Waals surface area contributed by atoms with Crippen molar-refractivity contribution in [3.8, 4) is 0 Å². The van der Waals surface area contributed by atoms with Crippen LogP contribution in [0.3, 0.4) is 0 Å². The van der Waals surface area contributed by atoms with Crippen LogP contribution in [0.1, 0.15) is 0 Å². The van der Waals surface area contributed by atoms with Gasteiger partial charge >= 0.3 is 13.6 Å². The Morgan fingerprint density at radius 3 is 1.77 bits per heavy atom. The second-order valence-electron chi connectivity index (χ2n) is 2.30. The first-order valence-electron chi connectivity index (χ1n) is 3.03. The summed E-state index contributed by atoms with van der Waals surface area (Å²) in [6, 6.07) is -1.08. The third kappa shape index (κ3) is 1.92. The van der Waals surface area contributed by atoms with Gasteiger partial charge < -0.3 is 9.79 Å². The minimum atomic E-state index is -4.86. The number of carbonyl (C=O) groups excluding carboxylic acids is 3. The average molecular weight is 208 g/mol. The van der Waals surface area contributed by atoms with Crippen LogP contribution in [0, 0.1) is 0 Å². The average Bonchev–Trinajstić information content (AvgIpc) is 1.78. The maximum Gasteiger partial charge on any atom is 0.347 e. The Bertz CT molecular complexity index is 312. The van der Waals surface area contributed by atoms with E-state index in [2.05, 4.69) is 0 Å². The summed E-state index contributed by atoms with van der Waals surface area (Å²) in [5.41, 5.74) is -2.13. The molecule has 0 aliphatic carbocycles. The molecule has 1 rings (SSSR count). The third-order valence-corrected chi connectivity index (χ3v) is 2.45. The van der Waals surface area contributed by atoms with Crippen molar-refractivity contribution in [1.29, 1.82) is 0 Å². The lowest BCUT2D eigenvalue weighted by Gasteiger charge is -2.20. The van der Waals surface area contributed by atoms with E-state index in [-0.39, 0.29) is 0 Å². The molecule has 1 heterocycles. The second-order valence-corrected chi connectivity index (χ2v) is 3.99. The van der Waals surface area contributed by atoms with Crippen molar-refractivity contribution in [2.24, 2.45) is 0 Å². The molecular weight excluding hydrogens is 203 g/mol. The molecule has 0 bridgehead atoms. The van der Waals surface area contributed by atoms with Gasteiger partial charge in [0.05, 0.1) is 0 Å². The van der Waals surface area contributed by atoms with Gasteiger partial charge in [-0.1, -0.05) is 0 Å². The summed E-state index contributed by atoms with van der Waals surface area (Å²) in [5.74, 6) is -2.58. The monoisotopic (exact) mass is 208 g/mol. The van der Waals surface area contributed by atoms with E-state index < -0.39 is 31.1 Å². The van der Waals surface area contributed by atoms with Gasteiger partial charge in [0.15, 0.2) is 0 Å².